The third-order valence-corrected chi connectivity index (χ3v) is 28.4. The average Bonchev–Trinajstić information content (AvgIpc) is 1.61. The van der Waals surface area contributed by atoms with Crippen LogP contribution in [-0.4, -0.2) is 29.9 Å². The zero-order valence-electron chi connectivity index (χ0n) is 75.5. The summed E-state index contributed by atoms with van der Waals surface area (Å²) in [5, 5.41) is 13.6. The van der Waals surface area contributed by atoms with E-state index in [-0.39, 0.29) is 10.8 Å². The maximum absolute atomic E-state index is 6.26. The molecule has 0 fully saturated rings. The lowest BCUT2D eigenvalue weighted by Gasteiger charge is -2.22. The molecule has 2 aliphatic carbocycles. The van der Waals surface area contributed by atoms with Crippen LogP contribution in [0.5, 0.6) is 0 Å². The van der Waals surface area contributed by atoms with Crippen LogP contribution in [0, 0.1) is 0 Å². The van der Waals surface area contributed by atoms with Crippen molar-refractivity contribution in [2.45, 2.75) is 38.5 Å². The maximum atomic E-state index is 6.26. The second kappa shape index (κ2) is 32.1. The molecule has 0 radical (unpaired) electrons. The van der Waals surface area contributed by atoms with Gasteiger partial charge in [0.2, 0.25) is 0 Å². The van der Waals surface area contributed by atoms with Crippen LogP contribution in [-0.2, 0) is 10.8 Å². The van der Waals surface area contributed by atoms with Gasteiger partial charge in [-0.1, -0.05) is 367 Å². The van der Waals surface area contributed by atoms with E-state index in [1.54, 1.807) is 0 Å². The van der Waals surface area contributed by atoms with Crippen molar-refractivity contribution in [3.8, 4) is 134 Å². The molecular formula is C128H84N6O3. The largest absolute Gasteiger partial charge is 0.456 e. The maximum Gasteiger partial charge on any atom is 0.160 e. The number of fused-ring (bicyclic) bond motifs is 20. The van der Waals surface area contributed by atoms with Gasteiger partial charge in [0.25, 0.3) is 0 Å². The van der Waals surface area contributed by atoms with Crippen molar-refractivity contribution in [3.63, 3.8) is 0 Å². The van der Waals surface area contributed by atoms with Crippen molar-refractivity contribution in [2.24, 2.45) is 0 Å². The Morgan fingerprint density at radius 2 is 0.547 bits per heavy atom. The summed E-state index contributed by atoms with van der Waals surface area (Å²) in [5.74, 6) is 0.722. The number of hydrogen-bond donors (Lipinski definition) is 0. The minimum absolute atomic E-state index is 0.0910. The average molecular weight is 1750 g/mol. The molecule has 9 heteroatoms. The molecule has 0 saturated heterocycles. The molecule has 0 amide bonds. The number of pyridine rings is 2. The number of furan rings is 3. The second-order valence-electron chi connectivity index (χ2n) is 36.9. The van der Waals surface area contributed by atoms with E-state index in [0.29, 0.717) is 0 Å². The molecule has 0 spiro atoms. The summed E-state index contributed by atoms with van der Waals surface area (Å²) >= 11 is 0. The Morgan fingerprint density at radius 3 is 1.10 bits per heavy atom. The van der Waals surface area contributed by atoms with E-state index in [0.717, 1.165) is 194 Å². The standard InChI is InChI=1S/C45H30N2O.C42H26N2O.C41H28N2O/c1-45(2)37-17-7-5-13-31(37)32-21-20-27(25-38(32)45)44-35-16-10-24-46-39(35)26-40(47-44)33-23-22-30(28-11-3-4-12-29(28)33)34-15-9-19-42-43(34)36-14-6-8-18-41(36)48-42;1-3-12-27(13-4-1)41-35-23-22-29(26-37(35)43-42(44-41)28-14-5-2-6-15-28)30-24-25-33(32-17-8-7-16-31(30)32)34-19-11-21-39-40(34)36-18-9-10-20-38(36)45-39;1-41(2)32-13-5-3-10-29(32)30-23-22-27(24-33(30)41)40-39(42-34-14-6-7-15-35(34)43-40)26-20-18-25(19-21-26)28-12-9-17-37-38(28)31-11-4-8-16-36(31)44-37/h3-26H,1-2H3;1-26H;3-24H,1-2H3. The number of nitrogens with zero attached hydrogens (tertiary/aromatic N) is 6. The van der Waals surface area contributed by atoms with Crippen molar-refractivity contribution >= 4 is 120 Å². The number of hydrogen-bond acceptors (Lipinski definition) is 9. The predicted octanol–water partition coefficient (Wildman–Crippen LogP) is 34.2. The van der Waals surface area contributed by atoms with Crippen LogP contribution < -0.4 is 0 Å². The highest BCUT2D eigenvalue weighted by Crippen LogP contribution is 2.54. The lowest BCUT2D eigenvalue weighted by molar-refractivity contribution is 0.660. The van der Waals surface area contributed by atoms with Crippen molar-refractivity contribution in [1.29, 1.82) is 0 Å². The van der Waals surface area contributed by atoms with Crippen molar-refractivity contribution in [1.82, 2.24) is 29.9 Å². The summed E-state index contributed by atoms with van der Waals surface area (Å²) in [6.45, 7) is 9.28. The molecule has 0 unspecified atom stereocenters. The Hall–Kier alpha value is -17.7. The molecular weight excluding hydrogens is 1670 g/mol. The first-order chi connectivity index (χ1) is 67.4. The normalized spacial score (nSPS) is 12.8. The van der Waals surface area contributed by atoms with E-state index in [9.17, 15) is 0 Å². The first-order valence-corrected chi connectivity index (χ1v) is 46.8. The zero-order chi connectivity index (χ0) is 91.1. The molecule has 7 heterocycles. The van der Waals surface area contributed by atoms with Gasteiger partial charge in [-0.15, -0.1) is 0 Å². The lowest BCUT2D eigenvalue weighted by Crippen LogP contribution is -2.15. The van der Waals surface area contributed by atoms with Gasteiger partial charge in [0, 0.05) is 93.5 Å². The fraction of sp³-hybridized carbons (Fsp3) is 0.0469. The van der Waals surface area contributed by atoms with E-state index in [1.165, 1.54) is 82.9 Å². The van der Waals surface area contributed by atoms with E-state index in [4.69, 9.17) is 43.2 Å². The number of para-hydroxylation sites is 5. The Bertz CT molecular complexity index is 9430. The molecule has 0 aliphatic heterocycles. The Kier molecular flexibility index (Phi) is 18.8. The molecule has 0 atom stereocenters. The van der Waals surface area contributed by atoms with Crippen LogP contribution in [0.15, 0.2) is 450 Å². The summed E-state index contributed by atoms with van der Waals surface area (Å²) in [5.41, 5.74) is 39.7. The molecule has 0 bridgehead atoms. The highest BCUT2D eigenvalue weighted by Gasteiger charge is 2.38. The van der Waals surface area contributed by atoms with Gasteiger partial charge in [-0.25, -0.2) is 24.9 Å². The van der Waals surface area contributed by atoms with E-state index in [2.05, 4.69) is 361 Å². The van der Waals surface area contributed by atoms with E-state index in [1.807, 2.05) is 103 Å². The molecule has 644 valence electrons. The van der Waals surface area contributed by atoms with Crippen LogP contribution in [0.1, 0.15) is 49.9 Å². The first kappa shape index (κ1) is 80.2. The molecule has 9 nitrogen and oxygen atoms in total. The molecule has 0 N–H and O–H groups in total. The number of benzene rings is 19. The van der Waals surface area contributed by atoms with Gasteiger partial charge in [0.1, 0.15) is 33.5 Å². The van der Waals surface area contributed by atoms with Crippen LogP contribution in [0.2, 0.25) is 0 Å². The smallest absolute Gasteiger partial charge is 0.160 e. The minimum atomic E-state index is -0.0944. The predicted molar refractivity (Wildman–Crippen MR) is 565 cm³/mol. The summed E-state index contributed by atoms with van der Waals surface area (Å²) in [7, 11) is 0. The summed E-state index contributed by atoms with van der Waals surface area (Å²) < 4.78 is 18.7. The quantitative estimate of drug-likeness (QED) is 0.132. The van der Waals surface area contributed by atoms with Crippen molar-refractivity contribution < 1.29 is 13.3 Å². The van der Waals surface area contributed by atoms with Gasteiger partial charge in [-0.2, -0.15) is 0 Å². The van der Waals surface area contributed by atoms with E-state index < -0.39 is 0 Å². The zero-order valence-corrected chi connectivity index (χ0v) is 75.5. The van der Waals surface area contributed by atoms with Crippen LogP contribution in [0.4, 0.5) is 0 Å². The Balaban J connectivity index is 0.000000107. The van der Waals surface area contributed by atoms with Crippen molar-refractivity contribution in [3.05, 3.63) is 459 Å². The van der Waals surface area contributed by atoms with Gasteiger partial charge in [-0.05, 0) is 202 Å². The topological polar surface area (TPSA) is 117 Å². The van der Waals surface area contributed by atoms with Gasteiger partial charge in [0.15, 0.2) is 5.82 Å². The van der Waals surface area contributed by atoms with Crippen LogP contribution in [0.25, 0.3) is 255 Å². The second-order valence-corrected chi connectivity index (χ2v) is 36.9. The minimum Gasteiger partial charge on any atom is -0.456 e. The highest BCUT2D eigenvalue weighted by atomic mass is 16.3. The summed E-state index contributed by atoms with van der Waals surface area (Å²) in [6.07, 6.45) is 1.87. The first-order valence-electron chi connectivity index (χ1n) is 46.8. The van der Waals surface area contributed by atoms with Gasteiger partial charge < -0.3 is 13.3 Å². The third kappa shape index (κ3) is 13.4. The Morgan fingerprint density at radius 1 is 0.182 bits per heavy atom. The molecule has 137 heavy (non-hydrogen) atoms. The highest BCUT2D eigenvalue weighted by molar-refractivity contribution is 6.19. The van der Waals surface area contributed by atoms with Gasteiger partial charge >= 0.3 is 0 Å². The lowest BCUT2D eigenvalue weighted by atomic mass is 9.81. The van der Waals surface area contributed by atoms with Crippen LogP contribution in [0.3, 0.4) is 0 Å². The molecule has 7 aromatic heterocycles. The Labute approximate surface area is 790 Å². The molecule has 26 aromatic rings. The number of rotatable bonds is 10. The van der Waals surface area contributed by atoms with Gasteiger partial charge in [-0.3, -0.25) is 4.98 Å². The van der Waals surface area contributed by atoms with Gasteiger partial charge in [0.05, 0.1) is 50.5 Å². The summed E-state index contributed by atoms with van der Waals surface area (Å²) in [6, 6.07) is 152. The number of aromatic nitrogens is 6. The SMILES string of the molecule is CC1(C)c2ccccc2-c2ccc(-c3nc(-c4ccc(-c5cccc6oc7ccccc7c56)c5ccccc45)cc4ncccc34)cc21.CC1(C)c2ccccc2-c2ccc(-c3nc4ccccc4nc3-c3ccc(-c4cccc5oc6ccccc6c45)cc3)cc21.c1ccc(-c2nc(-c3ccccc3)c3ccc(-c4ccc(-c5cccc6oc7ccccc7c56)c5ccccc45)cc3n2)cc1. The fourth-order valence-corrected chi connectivity index (χ4v) is 21.7. The summed E-state index contributed by atoms with van der Waals surface area (Å²) in [4.78, 5) is 30.9. The monoisotopic (exact) mass is 1750 g/mol. The van der Waals surface area contributed by atoms with Crippen LogP contribution >= 0.6 is 0 Å². The van der Waals surface area contributed by atoms with E-state index >= 15 is 0 Å². The molecule has 2 aliphatic rings. The van der Waals surface area contributed by atoms with Crippen molar-refractivity contribution in [2.75, 3.05) is 0 Å². The third-order valence-electron chi connectivity index (χ3n) is 28.4. The molecule has 28 rings (SSSR count). The molecule has 0 saturated carbocycles. The fourth-order valence-electron chi connectivity index (χ4n) is 21.7. The molecule has 19 aromatic carbocycles.